The Bertz CT molecular complexity index is 257. The van der Waals surface area contributed by atoms with Gasteiger partial charge < -0.3 is 9.59 Å². The second kappa shape index (κ2) is 15.0. The largest absolute Gasteiger partial charge is 0.481 e. The highest BCUT2D eigenvalue weighted by atomic mass is 16.4. The van der Waals surface area contributed by atoms with Gasteiger partial charge in [-0.25, -0.2) is 0 Å². The van der Waals surface area contributed by atoms with E-state index in [0.717, 1.165) is 12.8 Å². The first-order chi connectivity index (χ1) is 11.1. The SMILES string of the molecule is CCCC[N+](CCCC)(CCCC)CCCCCCCC(=O)O. The summed E-state index contributed by atoms with van der Waals surface area (Å²) in [6, 6.07) is 0. The maximum absolute atomic E-state index is 10.5. The minimum absolute atomic E-state index is 0.337. The predicted molar refractivity (Wildman–Crippen MR) is 99.8 cm³/mol. The van der Waals surface area contributed by atoms with E-state index in [2.05, 4.69) is 20.8 Å². The molecule has 3 nitrogen and oxygen atoms in total. The Balaban J connectivity index is 4.21. The number of unbranched alkanes of at least 4 members (excludes halogenated alkanes) is 7. The van der Waals surface area contributed by atoms with Gasteiger partial charge >= 0.3 is 5.97 Å². The molecule has 0 aliphatic carbocycles. The van der Waals surface area contributed by atoms with Crippen LogP contribution in [0.5, 0.6) is 0 Å². The Morgan fingerprint density at radius 1 is 0.652 bits per heavy atom. The molecule has 3 heteroatoms. The second-order valence-electron chi connectivity index (χ2n) is 7.21. The second-order valence-corrected chi connectivity index (χ2v) is 7.21. The van der Waals surface area contributed by atoms with E-state index >= 15 is 0 Å². The molecule has 23 heavy (non-hydrogen) atoms. The normalized spacial score (nSPS) is 11.8. The van der Waals surface area contributed by atoms with Crippen LogP contribution in [0.25, 0.3) is 0 Å². The zero-order chi connectivity index (χ0) is 17.4. The molecule has 138 valence electrons. The molecule has 1 N–H and O–H groups in total. The van der Waals surface area contributed by atoms with Gasteiger partial charge in [0, 0.05) is 6.42 Å². The van der Waals surface area contributed by atoms with Crippen LogP contribution in [-0.2, 0) is 4.79 Å². The fraction of sp³-hybridized carbons (Fsp3) is 0.950. The molecule has 0 heterocycles. The van der Waals surface area contributed by atoms with Crippen molar-refractivity contribution in [2.75, 3.05) is 26.2 Å². The topological polar surface area (TPSA) is 37.3 Å². The molecular formula is C20H42NO2+. The highest BCUT2D eigenvalue weighted by Crippen LogP contribution is 2.17. The van der Waals surface area contributed by atoms with Crippen LogP contribution in [0.2, 0.25) is 0 Å². The zero-order valence-electron chi connectivity index (χ0n) is 16.1. The van der Waals surface area contributed by atoms with E-state index in [1.54, 1.807) is 0 Å². The monoisotopic (exact) mass is 328 g/mol. The molecule has 0 fully saturated rings. The number of carboxylic acid groups (broad SMARTS) is 1. The van der Waals surface area contributed by atoms with E-state index < -0.39 is 5.97 Å². The lowest BCUT2D eigenvalue weighted by Crippen LogP contribution is -2.50. The van der Waals surface area contributed by atoms with Gasteiger partial charge in [0.1, 0.15) is 0 Å². The molecule has 0 saturated carbocycles. The van der Waals surface area contributed by atoms with Gasteiger partial charge in [0.15, 0.2) is 0 Å². The Morgan fingerprint density at radius 2 is 1.04 bits per heavy atom. The summed E-state index contributed by atoms with van der Waals surface area (Å²) in [5, 5.41) is 8.67. The summed E-state index contributed by atoms with van der Waals surface area (Å²) in [5.74, 6) is -0.653. The van der Waals surface area contributed by atoms with Crippen LogP contribution in [0.15, 0.2) is 0 Å². The molecule has 0 unspecified atom stereocenters. The first-order valence-electron chi connectivity index (χ1n) is 10.2. The third kappa shape index (κ3) is 12.5. The van der Waals surface area contributed by atoms with E-state index in [1.165, 1.54) is 88.4 Å². The van der Waals surface area contributed by atoms with E-state index in [4.69, 9.17) is 5.11 Å². The standard InChI is InChI=1S/C20H41NO2/c1-4-7-16-21(17-8-5-2,18-9-6-3)19-14-12-10-11-13-15-20(22)23/h4-19H2,1-3H3/p+1. The summed E-state index contributed by atoms with van der Waals surface area (Å²) >= 11 is 0. The maximum atomic E-state index is 10.5. The van der Waals surface area contributed by atoms with Crippen LogP contribution in [-0.4, -0.2) is 41.7 Å². The van der Waals surface area contributed by atoms with Gasteiger partial charge in [0.2, 0.25) is 0 Å². The van der Waals surface area contributed by atoms with Crippen molar-refractivity contribution in [1.29, 1.82) is 0 Å². The molecule has 0 radical (unpaired) electrons. The minimum Gasteiger partial charge on any atom is -0.481 e. The molecular weight excluding hydrogens is 286 g/mol. The van der Waals surface area contributed by atoms with Crippen molar-refractivity contribution in [2.24, 2.45) is 0 Å². The first kappa shape index (κ1) is 22.4. The fourth-order valence-electron chi connectivity index (χ4n) is 3.41. The van der Waals surface area contributed by atoms with E-state index in [-0.39, 0.29) is 0 Å². The molecule has 0 bridgehead atoms. The number of hydrogen-bond donors (Lipinski definition) is 1. The molecule has 0 rings (SSSR count). The van der Waals surface area contributed by atoms with Crippen molar-refractivity contribution in [3.05, 3.63) is 0 Å². The minimum atomic E-state index is -0.653. The third-order valence-electron chi connectivity index (χ3n) is 4.98. The average Bonchev–Trinajstić information content (AvgIpc) is 2.54. The predicted octanol–water partition coefficient (Wildman–Crippen LogP) is 5.63. The van der Waals surface area contributed by atoms with Gasteiger partial charge in [-0.2, -0.15) is 0 Å². The van der Waals surface area contributed by atoms with Crippen molar-refractivity contribution in [3.8, 4) is 0 Å². The lowest BCUT2D eigenvalue weighted by atomic mass is 10.1. The number of rotatable bonds is 17. The van der Waals surface area contributed by atoms with Gasteiger partial charge in [-0.15, -0.1) is 0 Å². The number of carbonyl (C=O) groups is 1. The fourth-order valence-corrected chi connectivity index (χ4v) is 3.41. The summed E-state index contributed by atoms with van der Waals surface area (Å²) in [5.41, 5.74) is 0. The van der Waals surface area contributed by atoms with Crippen LogP contribution < -0.4 is 0 Å². The quantitative estimate of drug-likeness (QED) is 0.277. The average molecular weight is 329 g/mol. The van der Waals surface area contributed by atoms with E-state index in [9.17, 15) is 4.79 Å². The smallest absolute Gasteiger partial charge is 0.303 e. The number of aliphatic carboxylic acids is 1. The van der Waals surface area contributed by atoms with Crippen molar-refractivity contribution in [3.63, 3.8) is 0 Å². The molecule has 0 aromatic rings. The maximum Gasteiger partial charge on any atom is 0.303 e. The third-order valence-corrected chi connectivity index (χ3v) is 4.98. The summed E-state index contributed by atoms with van der Waals surface area (Å²) in [7, 11) is 0. The Labute approximate surface area is 145 Å². The molecule has 0 aliphatic rings. The van der Waals surface area contributed by atoms with Gasteiger partial charge in [-0.3, -0.25) is 4.79 Å². The van der Waals surface area contributed by atoms with Gasteiger partial charge in [-0.05, 0) is 38.5 Å². The van der Waals surface area contributed by atoms with Crippen molar-refractivity contribution < 1.29 is 14.4 Å². The molecule has 0 aliphatic heterocycles. The lowest BCUT2D eigenvalue weighted by molar-refractivity contribution is -0.929. The van der Waals surface area contributed by atoms with Crippen LogP contribution in [0.4, 0.5) is 0 Å². The highest BCUT2D eigenvalue weighted by molar-refractivity contribution is 5.66. The van der Waals surface area contributed by atoms with Crippen molar-refractivity contribution >= 4 is 5.97 Å². The van der Waals surface area contributed by atoms with Crippen LogP contribution in [0, 0.1) is 0 Å². The molecule has 0 spiro atoms. The number of quaternary nitrogens is 1. The van der Waals surface area contributed by atoms with Gasteiger partial charge in [-0.1, -0.05) is 52.9 Å². The Hall–Kier alpha value is -0.570. The van der Waals surface area contributed by atoms with Crippen LogP contribution >= 0.6 is 0 Å². The summed E-state index contributed by atoms with van der Waals surface area (Å²) < 4.78 is 1.34. The highest BCUT2D eigenvalue weighted by Gasteiger charge is 2.24. The Morgan fingerprint density at radius 3 is 1.48 bits per heavy atom. The summed E-state index contributed by atoms with van der Waals surface area (Å²) in [4.78, 5) is 10.5. The van der Waals surface area contributed by atoms with Crippen molar-refractivity contribution in [2.45, 2.75) is 97.8 Å². The molecule has 0 atom stereocenters. The number of carboxylic acids is 1. The first-order valence-corrected chi connectivity index (χ1v) is 10.2. The van der Waals surface area contributed by atoms with Gasteiger partial charge in [0.25, 0.3) is 0 Å². The molecule has 0 amide bonds. The van der Waals surface area contributed by atoms with Crippen molar-refractivity contribution in [1.82, 2.24) is 0 Å². The summed E-state index contributed by atoms with van der Waals surface area (Å²) in [6.07, 6.45) is 14.0. The number of hydrogen-bond acceptors (Lipinski definition) is 1. The van der Waals surface area contributed by atoms with Gasteiger partial charge in [0.05, 0.1) is 26.2 Å². The Kier molecular flexibility index (Phi) is 14.6. The van der Waals surface area contributed by atoms with Crippen LogP contribution in [0.3, 0.4) is 0 Å². The lowest BCUT2D eigenvalue weighted by Gasteiger charge is -2.39. The zero-order valence-corrected chi connectivity index (χ0v) is 16.1. The summed E-state index contributed by atoms with van der Waals surface area (Å²) in [6.45, 7) is 12.3. The van der Waals surface area contributed by atoms with E-state index in [1.807, 2.05) is 0 Å². The van der Waals surface area contributed by atoms with E-state index in [0.29, 0.717) is 6.42 Å². The number of nitrogens with zero attached hydrogens (tertiary/aromatic N) is 1. The molecule has 0 aromatic heterocycles. The molecule has 0 saturated heterocycles. The van der Waals surface area contributed by atoms with Crippen LogP contribution in [0.1, 0.15) is 97.8 Å². The molecule has 0 aromatic carbocycles.